The molecule has 0 saturated heterocycles. The third kappa shape index (κ3) is 4.23. The van der Waals surface area contributed by atoms with E-state index < -0.39 is 29.7 Å². The number of pyridine rings is 1. The second kappa shape index (κ2) is 9.43. The summed E-state index contributed by atoms with van der Waals surface area (Å²) >= 11 is 6.15. The fourth-order valence-corrected chi connectivity index (χ4v) is 4.90. The van der Waals surface area contributed by atoms with E-state index in [9.17, 15) is 19.1 Å². The normalized spacial score (nSPS) is 15.7. The number of aromatic hydroxyl groups is 1. The number of fused-ring (bicyclic) bond motifs is 1. The average Bonchev–Trinajstić information content (AvgIpc) is 3.21. The number of phenols is 1. The number of rotatable bonds is 6. The number of benzene rings is 2. The predicted molar refractivity (Wildman–Crippen MR) is 127 cm³/mol. The van der Waals surface area contributed by atoms with Crippen LogP contribution in [-0.2, 0) is 11.2 Å². The van der Waals surface area contributed by atoms with Crippen LogP contribution in [0.25, 0.3) is 0 Å². The van der Waals surface area contributed by atoms with E-state index in [1.165, 1.54) is 23.2 Å². The average molecular weight is 482 g/mol. The van der Waals surface area contributed by atoms with Crippen LogP contribution < -0.4 is 5.73 Å². The van der Waals surface area contributed by atoms with Crippen LogP contribution in [0.3, 0.4) is 0 Å². The minimum atomic E-state index is -1.19. The first-order valence-electron chi connectivity index (χ1n) is 11.0. The highest BCUT2D eigenvalue weighted by Crippen LogP contribution is 2.44. The zero-order chi connectivity index (χ0) is 24.6. The Hall–Kier alpha value is -3.45. The molecule has 1 heterocycles. The van der Waals surface area contributed by atoms with Gasteiger partial charge in [0.1, 0.15) is 17.6 Å². The van der Waals surface area contributed by atoms with Crippen LogP contribution in [0, 0.1) is 5.82 Å². The molecule has 0 aliphatic heterocycles. The Kier molecular flexibility index (Phi) is 6.57. The molecule has 3 N–H and O–H groups in total. The summed E-state index contributed by atoms with van der Waals surface area (Å²) in [6.45, 7) is 3.81. The van der Waals surface area contributed by atoms with Crippen molar-refractivity contribution >= 4 is 23.4 Å². The van der Waals surface area contributed by atoms with E-state index in [0.29, 0.717) is 35.1 Å². The number of carbonyl (C=O) groups excluding carboxylic acids is 2. The molecule has 1 aromatic heterocycles. The molecule has 8 heteroatoms. The molecule has 6 nitrogen and oxygen atoms in total. The minimum absolute atomic E-state index is 0.0356. The monoisotopic (exact) mass is 481 g/mol. The van der Waals surface area contributed by atoms with Crippen LogP contribution in [0.1, 0.15) is 70.9 Å². The van der Waals surface area contributed by atoms with Crippen LogP contribution in [0.5, 0.6) is 5.75 Å². The zero-order valence-corrected chi connectivity index (χ0v) is 19.6. The number of amides is 2. The van der Waals surface area contributed by atoms with Crippen molar-refractivity contribution in [3.8, 4) is 5.75 Å². The van der Waals surface area contributed by atoms with E-state index in [1.807, 2.05) is 13.8 Å². The molecule has 3 aromatic rings. The van der Waals surface area contributed by atoms with Gasteiger partial charge < -0.3 is 15.7 Å². The molecule has 0 bridgehead atoms. The summed E-state index contributed by atoms with van der Waals surface area (Å²) in [7, 11) is 0. The first-order chi connectivity index (χ1) is 16.2. The third-order valence-corrected chi connectivity index (χ3v) is 6.48. The first kappa shape index (κ1) is 23.7. The van der Waals surface area contributed by atoms with Gasteiger partial charge in [0.25, 0.3) is 5.91 Å². The van der Waals surface area contributed by atoms with E-state index in [-0.39, 0.29) is 22.3 Å². The van der Waals surface area contributed by atoms with E-state index >= 15 is 0 Å². The van der Waals surface area contributed by atoms with Gasteiger partial charge in [0.05, 0.1) is 11.6 Å². The molecule has 2 amide bonds. The molecule has 176 valence electrons. The van der Waals surface area contributed by atoms with Crippen molar-refractivity contribution in [2.24, 2.45) is 5.73 Å². The molecule has 1 aliphatic rings. The maximum atomic E-state index is 14.7. The molecule has 1 aliphatic carbocycles. The fraction of sp³-hybridized carbons (Fsp3) is 0.269. The zero-order valence-electron chi connectivity index (χ0n) is 18.8. The Bertz CT molecular complexity index is 1250. The number of phenolic OH excluding ortho intramolecular Hbond substituents is 1. The highest BCUT2D eigenvalue weighted by molar-refractivity contribution is 6.30. The smallest absolute Gasteiger partial charge is 0.259 e. The van der Waals surface area contributed by atoms with Gasteiger partial charge in [-0.05, 0) is 59.7 Å². The number of carbonyl (C=O) groups is 2. The van der Waals surface area contributed by atoms with Crippen molar-refractivity contribution in [1.29, 1.82) is 0 Å². The van der Waals surface area contributed by atoms with E-state index in [0.717, 1.165) is 0 Å². The van der Waals surface area contributed by atoms with Gasteiger partial charge >= 0.3 is 0 Å². The molecular weight excluding hydrogens is 457 g/mol. The predicted octanol–water partition coefficient (Wildman–Crippen LogP) is 5.06. The molecule has 0 radical (unpaired) electrons. The fourth-order valence-electron chi connectivity index (χ4n) is 4.69. The van der Waals surface area contributed by atoms with Gasteiger partial charge in [-0.3, -0.25) is 14.6 Å². The van der Waals surface area contributed by atoms with Crippen molar-refractivity contribution in [3.05, 3.63) is 93.5 Å². The quantitative estimate of drug-likeness (QED) is 0.514. The molecule has 0 saturated carbocycles. The Morgan fingerprint density at radius 3 is 2.65 bits per heavy atom. The number of hydrogen-bond donors (Lipinski definition) is 2. The highest BCUT2D eigenvalue weighted by atomic mass is 35.5. The molecule has 0 unspecified atom stereocenters. The lowest BCUT2D eigenvalue weighted by Crippen LogP contribution is -2.43. The van der Waals surface area contributed by atoms with Crippen LogP contribution in [0.2, 0.25) is 5.02 Å². The second-order valence-corrected chi connectivity index (χ2v) is 9.15. The van der Waals surface area contributed by atoms with Gasteiger partial charge in [-0.2, -0.15) is 0 Å². The number of nitrogens with zero attached hydrogens (tertiary/aromatic N) is 2. The number of para-hydroxylation sites is 1. The van der Waals surface area contributed by atoms with Crippen LogP contribution in [0.15, 0.2) is 54.9 Å². The molecule has 0 fully saturated rings. The van der Waals surface area contributed by atoms with Gasteiger partial charge in [0.15, 0.2) is 0 Å². The summed E-state index contributed by atoms with van der Waals surface area (Å²) in [5.41, 5.74) is 7.85. The molecule has 2 aromatic carbocycles. The maximum Gasteiger partial charge on any atom is 0.259 e. The van der Waals surface area contributed by atoms with E-state index in [2.05, 4.69) is 4.98 Å². The lowest BCUT2D eigenvalue weighted by Gasteiger charge is -2.36. The molecule has 0 spiro atoms. The number of halogens is 2. The van der Waals surface area contributed by atoms with E-state index in [4.69, 9.17) is 17.3 Å². The van der Waals surface area contributed by atoms with Gasteiger partial charge in [0.2, 0.25) is 5.91 Å². The second-order valence-electron chi connectivity index (χ2n) is 8.71. The number of aromatic nitrogens is 1. The topological polar surface area (TPSA) is 96.5 Å². The molecule has 4 rings (SSSR count). The summed E-state index contributed by atoms with van der Waals surface area (Å²) in [4.78, 5) is 32.2. The Balaban J connectivity index is 1.92. The van der Waals surface area contributed by atoms with Crippen LogP contribution in [-0.4, -0.2) is 26.8 Å². The Morgan fingerprint density at radius 2 is 2.00 bits per heavy atom. The first-order valence-corrected chi connectivity index (χ1v) is 11.4. The largest absolute Gasteiger partial charge is 0.507 e. The van der Waals surface area contributed by atoms with Crippen molar-refractivity contribution in [1.82, 2.24) is 9.88 Å². The Labute approximate surface area is 202 Å². The van der Waals surface area contributed by atoms with Crippen molar-refractivity contribution in [2.75, 3.05) is 0 Å². The maximum absolute atomic E-state index is 14.7. The van der Waals surface area contributed by atoms with Gasteiger partial charge in [0, 0.05) is 23.0 Å². The molecule has 2 atom stereocenters. The summed E-state index contributed by atoms with van der Waals surface area (Å²) in [6.07, 6.45) is 3.75. The lowest BCUT2D eigenvalue weighted by molar-refractivity contribution is -0.123. The van der Waals surface area contributed by atoms with Crippen molar-refractivity contribution in [2.45, 2.75) is 44.7 Å². The number of nitrogens with two attached hydrogens (primary N) is 1. The summed E-state index contributed by atoms with van der Waals surface area (Å²) in [5.74, 6) is -2.01. The van der Waals surface area contributed by atoms with Gasteiger partial charge in [-0.1, -0.05) is 43.6 Å². The third-order valence-electron chi connectivity index (χ3n) is 6.26. The van der Waals surface area contributed by atoms with Crippen molar-refractivity contribution in [3.63, 3.8) is 0 Å². The minimum Gasteiger partial charge on any atom is -0.507 e. The van der Waals surface area contributed by atoms with Crippen LogP contribution in [0.4, 0.5) is 4.39 Å². The molecule has 34 heavy (non-hydrogen) atoms. The Morgan fingerprint density at radius 1 is 1.24 bits per heavy atom. The molecular formula is C26H25ClFN3O3. The highest BCUT2D eigenvalue weighted by Gasteiger charge is 2.41. The number of hydrogen-bond acceptors (Lipinski definition) is 4. The van der Waals surface area contributed by atoms with Gasteiger partial charge in [-0.25, -0.2) is 4.39 Å². The van der Waals surface area contributed by atoms with Gasteiger partial charge in [-0.15, -0.1) is 0 Å². The lowest BCUT2D eigenvalue weighted by atomic mass is 9.95. The van der Waals surface area contributed by atoms with Crippen LogP contribution >= 0.6 is 11.6 Å². The SMILES string of the molecule is CC(C)c1cccc(C(=O)N([C@@H]2CCc3c(F)cc(Cl)cc32)[C@@H](C(N)=O)c2cccnc2)c1O. The van der Waals surface area contributed by atoms with E-state index in [1.54, 1.807) is 36.5 Å². The summed E-state index contributed by atoms with van der Waals surface area (Å²) in [5, 5.41) is 11.1. The van der Waals surface area contributed by atoms with Crippen molar-refractivity contribution < 1.29 is 19.1 Å². The standard InChI is InChI=1S/C26H25ClFN3O3/c1-14(2)17-6-3-7-19(24(17)32)26(34)31(23(25(29)33)15-5-4-10-30-13-15)22-9-8-18-20(22)11-16(27)12-21(18)28/h3-7,10-14,22-23,32H,8-9H2,1-2H3,(H2,29,33)/t22-,23-/m1/s1. The number of primary amides is 1. The summed E-state index contributed by atoms with van der Waals surface area (Å²) in [6, 6.07) is 9.20. The summed E-state index contributed by atoms with van der Waals surface area (Å²) < 4.78 is 14.7.